The quantitative estimate of drug-likeness (QED) is 0.805. The number of nitrogens with one attached hydrogen (secondary N) is 1. The molecule has 0 spiro atoms. The van der Waals surface area contributed by atoms with E-state index in [4.69, 9.17) is 5.11 Å². The lowest BCUT2D eigenvalue weighted by atomic mass is 9.83. The summed E-state index contributed by atoms with van der Waals surface area (Å²) >= 11 is 1.40. The number of hydrogen-bond acceptors (Lipinski definition) is 4. The molecule has 1 amide bonds. The van der Waals surface area contributed by atoms with Crippen molar-refractivity contribution in [3.63, 3.8) is 0 Å². The third-order valence-corrected chi connectivity index (χ3v) is 4.13. The van der Waals surface area contributed by atoms with Crippen molar-refractivity contribution in [3.8, 4) is 0 Å². The molecule has 1 aromatic heterocycles. The van der Waals surface area contributed by atoms with Gasteiger partial charge in [0.05, 0.1) is 5.69 Å². The average molecular weight is 282 g/mol. The molecule has 2 N–H and O–H groups in total. The Balaban J connectivity index is 1.73. The molecule has 1 saturated carbocycles. The normalized spacial score (nSPS) is 14.9. The monoisotopic (exact) mass is 282 g/mol. The first-order valence-corrected chi connectivity index (χ1v) is 7.47. The van der Waals surface area contributed by atoms with Crippen molar-refractivity contribution in [3.05, 3.63) is 11.1 Å². The van der Waals surface area contributed by atoms with Crippen LogP contribution in [0.3, 0.4) is 0 Å². The van der Waals surface area contributed by atoms with Gasteiger partial charge in [-0.3, -0.25) is 9.59 Å². The maximum Gasteiger partial charge on any atom is 0.303 e. The average Bonchev–Trinajstić information content (AvgIpc) is 2.71. The zero-order valence-corrected chi connectivity index (χ0v) is 11.5. The minimum absolute atomic E-state index is 0.0381. The molecular formula is C13H18N2O3S. The first kappa shape index (κ1) is 14.0. The van der Waals surface area contributed by atoms with Crippen LogP contribution in [0.15, 0.2) is 5.38 Å². The summed E-state index contributed by atoms with van der Waals surface area (Å²) < 4.78 is 0. The number of carbonyl (C=O) groups excluding carboxylic acids is 1. The molecular weight excluding hydrogens is 264 g/mol. The summed E-state index contributed by atoms with van der Waals surface area (Å²) in [4.78, 5) is 26.4. The third-order valence-electron chi connectivity index (χ3n) is 3.32. The lowest BCUT2D eigenvalue weighted by Gasteiger charge is -2.24. The number of nitrogens with zero attached hydrogens (tertiary/aromatic N) is 1. The van der Waals surface area contributed by atoms with E-state index >= 15 is 0 Å². The SMILES string of the molecule is O=C(O)CCCc1csc(NC(=O)CC2CCC2)n1. The van der Waals surface area contributed by atoms with Gasteiger partial charge in [-0.05, 0) is 31.6 Å². The van der Waals surface area contributed by atoms with Crippen molar-refractivity contribution in [2.24, 2.45) is 5.92 Å². The number of thiazole rings is 1. The number of carboxylic acid groups (broad SMARTS) is 1. The Morgan fingerprint density at radius 3 is 2.89 bits per heavy atom. The van der Waals surface area contributed by atoms with Gasteiger partial charge < -0.3 is 10.4 Å². The van der Waals surface area contributed by atoms with Gasteiger partial charge >= 0.3 is 5.97 Å². The van der Waals surface area contributed by atoms with Gasteiger partial charge in [0.2, 0.25) is 5.91 Å². The molecule has 0 aliphatic heterocycles. The van der Waals surface area contributed by atoms with E-state index in [1.54, 1.807) is 0 Å². The van der Waals surface area contributed by atoms with Gasteiger partial charge in [0.15, 0.2) is 5.13 Å². The number of amides is 1. The van der Waals surface area contributed by atoms with E-state index in [1.165, 1.54) is 17.8 Å². The fourth-order valence-electron chi connectivity index (χ4n) is 2.03. The Labute approximate surface area is 116 Å². The van der Waals surface area contributed by atoms with Crippen molar-refractivity contribution in [2.45, 2.75) is 44.9 Å². The number of carbonyl (C=O) groups is 2. The second-order valence-electron chi connectivity index (χ2n) is 4.94. The summed E-state index contributed by atoms with van der Waals surface area (Å²) in [5.74, 6) is -0.199. The maximum absolute atomic E-state index is 11.7. The Morgan fingerprint density at radius 1 is 1.47 bits per heavy atom. The fraction of sp³-hybridized carbons (Fsp3) is 0.615. The Bertz CT molecular complexity index is 454. The number of rotatable bonds is 7. The van der Waals surface area contributed by atoms with Crippen molar-refractivity contribution in [2.75, 3.05) is 5.32 Å². The lowest BCUT2D eigenvalue weighted by molar-refractivity contribution is -0.137. The zero-order chi connectivity index (χ0) is 13.7. The van der Waals surface area contributed by atoms with Crippen LogP contribution in [0.25, 0.3) is 0 Å². The van der Waals surface area contributed by atoms with Crippen LogP contribution in [0.1, 0.15) is 44.2 Å². The highest BCUT2D eigenvalue weighted by atomic mass is 32.1. The molecule has 1 heterocycles. The van der Waals surface area contributed by atoms with Crippen molar-refractivity contribution >= 4 is 28.3 Å². The summed E-state index contributed by atoms with van der Waals surface area (Å²) in [7, 11) is 0. The van der Waals surface area contributed by atoms with Crippen LogP contribution in [0.4, 0.5) is 5.13 Å². The summed E-state index contributed by atoms with van der Waals surface area (Å²) in [5.41, 5.74) is 0.852. The van der Waals surface area contributed by atoms with Gasteiger partial charge in [0.1, 0.15) is 0 Å². The van der Waals surface area contributed by atoms with E-state index in [0.29, 0.717) is 30.3 Å². The van der Waals surface area contributed by atoms with Gasteiger partial charge in [0, 0.05) is 18.2 Å². The highest BCUT2D eigenvalue weighted by Crippen LogP contribution is 2.29. The molecule has 104 valence electrons. The topological polar surface area (TPSA) is 79.3 Å². The minimum atomic E-state index is -0.788. The predicted molar refractivity (Wildman–Crippen MR) is 73.3 cm³/mol. The Morgan fingerprint density at radius 2 is 2.26 bits per heavy atom. The molecule has 1 aliphatic rings. The van der Waals surface area contributed by atoms with Crippen LogP contribution in [0.5, 0.6) is 0 Å². The summed E-state index contributed by atoms with van der Waals surface area (Å²) in [6, 6.07) is 0. The van der Waals surface area contributed by atoms with E-state index in [0.717, 1.165) is 18.5 Å². The fourth-order valence-corrected chi connectivity index (χ4v) is 2.79. The van der Waals surface area contributed by atoms with E-state index in [1.807, 2.05) is 5.38 Å². The van der Waals surface area contributed by atoms with Crippen LogP contribution in [-0.2, 0) is 16.0 Å². The number of aromatic nitrogens is 1. The highest BCUT2D eigenvalue weighted by molar-refractivity contribution is 7.13. The number of anilines is 1. The minimum Gasteiger partial charge on any atom is -0.481 e. The molecule has 1 fully saturated rings. The summed E-state index contributed by atoms with van der Waals surface area (Å²) in [5, 5.41) is 13.9. The van der Waals surface area contributed by atoms with E-state index in [2.05, 4.69) is 10.3 Å². The van der Waals surface area contributed by atoms with E-state index in [-0.39, 0.29) is 12.3 Å². The van der Waals surface area contributed by atoms with Gasteiger partial charge in [0.25, 0.3) is 0 Å². The first-order chi connectivity index (χ1) is 9.13. The van der Waals surface area contributed by atoms with Gasteiger partial charge in [-0.1, -0.05) is 6.42 Å². The number of hydrogen-bond donors (Lipinski definition) is 2. The van der Waals surface area contributed by atoms with Crippen molar-refractivity contribution in [1.82, 2.24) is 4.98 Å². The Hall–Kier alpha value is -1.43. The molecule has 0 aromatic carbocycles. The number of carboxylic acids is 1. The maximum atomic E-state index is 11.7. The van der Waals surface area contributed by atoms with Crippen LogP contribution in [0.2, 0.25) is 0 Å². The molecule has 1 aromatic rings. The van der Waals surface area contributed by atoms with E-state index < -0.39 is 5.97 Å². The molecule has 0 saturated heterocycles. The van der Waals surface area contributed by atoms with Crippen molar-refractivity contribution < 1.29 is 14.7 Å². The molecule has 5 nitrogen and oxygen atoms in total. The predicted octanol–water partition coefficient (Wildman–Crippen LogP) is 2.68. The standard InChI is InChI=1S/C13H18N2O3S/c16-11(7-9-3-1-4-9)15-13-14-10(8-19-13)5-2-6-12(17)18/h8-9H,1-7H2,(H,17,18)(H,14,15,16). The molecule has 0 bridgehead atoms. The first-order valence-electron chi connectivity index (χ1n) is 6.59. The second kappa shape index (κ2) is 6.65. The largest absolute Gasteiger partial charge is 0.481 e. The molecule has 6 heteroatoms. The molecule has 19 heavy (non-hydrogen) atoms. The molecule has 2 rings (SSSR count). The molecule has 0 radical (unpaired) electrons. The molecule has 1 aliphatic carbocycles. The van der Waals surface area contributed by atoms with Crippen LogP contribution in [0, 0.1) is 5.92 Å². The van der Waals surface area contributed by atoms with Crippen LogP contribution >= 0.6 is 11.3 Å². The van der Waals surface area contributed by atoms with Gasteiger partial charge in [-0.25, -0.2) is 4.98 Å². The van der Waals surface area contributed by atoms with Crippen LogP contribution in [-0.4, -0.2) is 22.0 Å². The zero-order valence-electron chi connectivity index (χ0n) is 10.7. The second-order valence-corrected chi connectivity index (χ2v) is 5.80. The highest BCUT2D eigenvalue weighted by Gasteiger charge is 2.21. The lowest BCUT2D eigenvalue weighted by Crippen LogP contribution is -2.20. The number of aliphatic carboxylic acids is 1. The summed E-state index contributed by atoms with van der Waals surface area (Å²) in [6.45, 7) is 0. The van der Waals surface area contributed by atoms with Gasteiger partial charge in [-0.2, -0.15) is 0 Å². The van der Waals surface area contributed by atoms with E-state index in [9.17, 15) is 9.59 Å². The molecule has 0 unspecified atom stereocenters. The smallest absolute Gasteiger partial charge is 0.303 e. The van der Waals surface area contributed by atoms with Crippen LogP contribution < -0.4 is 5.32 Å². The van der Waals surface area contributed by atoms with Crippen molar-refractivity contribution in [1.29, 1.82) is 0 Å². The number of aryl methyl sites for hydroxylation is 1. The molecule has 0 atom stereocenters. The summed E-state index contributed by atoms with van der Waals surface area (Å²) in [6.07, 6.45) is 5.52. The van der Waals surface area contributed by atoms with Gasteiger partial charge in [-0.15, -0.1) is 11.3 Å². The third kappa shape index (κ3) is 4.63. The Kier molecular flexibility index (Phi) is 4.90.